The molecule has 0 saturated heterocycles. The molecule has 1 unspecified atom stereocenters. The molecule has 0 amide bonds. The van der Waals surface area contributed by atoms with Gasteiger partial charge in [0.1, 0.15) is 0 Å². The van der Waals surface area contributed by atoms with Crippen molar-refractivity contribution in [2.75, 3.05) is 7.05 Å². The predicted molar refractivity (Wildman–Crippen MR) is 109 cm³/mol. The van der Waals surface area contributed by atoms with Crippen LogP contribution in [0.1, 0.15) is 30.9 Å². The first-order valence-corrected chi connectivity index (χ1v) is 9.05. The third-order valence-electron chi connectivity index (χ3n) is 4.83. The minimum atomic E-state index is 0.483. The molecular weight excluding hydrogens is 302 g/mol. The van der Waals surface area contributed by atoms with Gasteiger partial charge in [-0.25, -0.2) is 0 Å². The molecule has 1 aromatic carbocycles. The molecule has 1 aliphatic heterocycles. The highest BCUT2D eigenvalue weighted by Crippen LogP contribution is 2.22. The Hall–Kier alpha value is -2.54. The summed E-state index contributed by atoms with van der Waals surface area (Å²) in [5.41, 5.74) is 6.61. The zero-order valence-electron chi connectivity index (χ0n) is 15.4. The normalized spacial score (nSPS) is 20.8. The maximum absolute atomic E-state index is 2.25. The molecule has 1 heterocycles. The third-order valence-corrected chi connectivity index (χ3v) is 4.83. The monoisotopic (exact) mass is 329 g/mol. The topological polar surface area (TPSA) is 3.24 Å². The molecule has 3 rings (SSSR count). The summed E-state index contributed by atoms with van der Waals surface area (Å²) in [6.45, 7) is 4.32. The van der Waals surface area contributed by atoms with Crippen LogP contribution in [0.25, 0.3) is 6.08 Å². The van der Waals surface area contributed by atoms with Gasteiger partial charge < -0.3 is 4.90 Å². The Balaban J connectivity index is 1.61. The summed E-state index contributed by atoms with van der Waals surface area (Å²) in [4.78, 5) is 2.24. The van der Waals surface area contributed by atoms with E-state index in [1.807, 2.05) is 0 Å². The Morgan fingerprint density at radius 3 is 2.16 bits per heavy atom. The van der Waals surface area contributed by atoms with Gasteiger partial charge in [-0.2, -0.15) is 0 Å². The molecule has 1 atom stereocenters. The van der Waals surface area contributed by atoms with E-state index < -0.39 is 0 Å². The molecule has 0 N–H and O–H groups in total. The van der Waals surface area contributed by atoms with Gasteiger partial charge in [0.25, 0.3) is 0 Å². The van der Waals surface area contributed by atoms with E-state index in [0.717, 1.165) is 12.8 Å². The Kier molecular flexibility index (Phi) is 5.55. The number of likely N-dealkylation sites (N-methyl/N-ethyl adjacent to an activating group) is 1. The second-order valence-corrected chi connectivity index (χ2v) is 6.95. The summed E-state index contributed by atoms with van der Waals surface area (Å²) in [6, 6.07) is 9.14. The number of nitrogens with zero attached hydrogens (tertiary/aromatic N) is 1. The van der Waals surface area contributed by atoms with E-state index in [-0.39, 0.29) is 0 Å². The molecule has 0 saturated carbocycles. The quantitative estimate of drug-likeness (QED) is 0.656. The fourth-order valence-corrected chi connectivity index (χ4v) is 2.91. The van der Waals surface area contributed by atoms with Gasteiger partial charge in [-0.1, -0.05) is 78.4 Å². The van der Waals surface area contributed by atoms with Crippen molar-refractivity contribution in [1.82, 2.24) is 4.90 Å². The highest BCUT2D eigenvalue weighted by Gasteiger charge is 2.07. The number of aryl methyl sites for hydroxylation is 1. The van der Waals surface area contributed by atoms with E-state index in [1.54, 1.807) is 0 Å². The molecule has 1 aromatic rings. The van der Waals surface area contributed by atoms with Crippen molar-refractivity contribution in [1.29, 1.82) is 0 Å². The molecule has 2 aliphatic rings. The van der Waals surface area contributed by atoms with Gasteiger partial charge in [0.15, 0.2) is 0 Å². The van der Waals surface area contributed by atoms with Crippen molar-refractivity contribution < 1.29 is 0 Å². The number of hydrogen-bond donors (Lipinski definition) is 0. The standard InChI is InChI=1S/C24H27N/c1-19-4-7-21(8-5-19)10-11-22-12-14-23(15-13-22)16-17-24-9-6-20(2)25(3)18-24/h4-12,14,16-18,20H,13,15H2,1-3H3/b11-10+,17-16+. The second kappa shape index (κ2) is 8.02. The average molecular weight is 329 g/mol. The summed E-state index contributed by atoms with van der Waals surface area (Å²) < 4.78 is 0. The van der Waals surface area contributed by atoms with Crippen LogP contribution in [0.3, 0.4) is 0 Å². The Morgan fingerprint density at radius 2 is 1.56 bits per heavy atom. The molecule has 0 spiro atoms. The number of allylic oxidation sites excluding steroid dienone is 9. The van der Waals surface area contributed by atoms with Crippen LogP contribution in [0.2, 0.25) is 0 Å². The van der Waals surface area contributed by atoms with E-state index in [2.05, 4.69) is 105 Å². The lowest BCUT2D eigenvalue weighted by molar-refractivity contribution is 0.401. The Bertz CT molecular complexity index is 782. The number of hydrogen-bond acceptors (Lipinski definition) is 1. The molecular formula is C24H27N. The minimum Gasteiger partial charge on any atom is -0.374 e. The fraction of sp³-hybridized carbons (Fsp3) is 0.250. The largest absolute Gasteiger partial charge is 0.374 e. The molecule has 0 fully saturated rings. The van der Waals surface area contributed by atoms with Gasteiger partial charge in [0.05, 0.1) is 0 Å². The molecule has 1 nitrogen and oxygen atoms in total. The molecule has 1 aliphatic carbocycles. The van der Waals surface area contributed by atoms with Gasteiger partial charge in [-0.05, 0) is 49.0 Å². The molecule has 0 bridgehead atoms. The fourth-order valence-electron chi connectivity index (χ4n) is 2.91. The first-order chi connectivity index (χ1) is 12.1. The first-order valence-electron chi connectivity index (χ1n) is 9.05. The zero-order valence-corrected chi connectivity index (χ0v) is 15.4. The van der Waals surface area contributed by atoms with Crippen molar-refractivity contribution in [3.63, 3.8) is 0 Å². The third kappa shape index (κ3) is 4.96. The zero-order chi connectivity index (χ0) is 17.6. The van der Waals surface area contributed by atoms with Crippen LogP contribution >= 0.6 is 0 Å². The van der Waals surface area contributed by atoms with Crippen molar-refractivity contribution in [3.05, 3.63) is 101 Å². The Morgan fingerprint density at radius 1 is 0.920 bits per heavy atom. The number of rotatable bonds is 4. The van der Waals surface area contributed by atoms with Crippen molar-refractivity contribution in [3.8, 4) is 0 Å². The summed E-state index contributed by atoms with van der Waals surface area (Å²) in [5, 5.41) is 0. The van der Waals surface area contributed by atoms with Crippen LogP contribution < -0.4 is 0 Å². The molecule has 128 valence electrons. The van der Waals surface area contributed by atoms with Gasteiger partial charge in [0.2, 0.25) is 0 Å². The summed E-state index contributed by atoms with van der Waals surface area (Å²) in [5.74, 6) is 0. The molecule has 1 heteroatoms. The SMILES string of the molecule is Cc1ccc(/C=C/C2=CC=C(/C=C/C3=CN(C)C(C)C=C3)CC2)cc1. The smallest absolute Gasteiger partial charge is 0.0439 e. The van der Waals surface area contributed by atoms with Crippen LogP contribution in [0.15, 0.2) is 89.7 Å². The van der Waals surface area contributed by atoms with Gasteiger partial charge >= 0.3 is 0 Å². The second-order valence-electron chi connectivity index (χ2n) is 6.95. The van der Waals surface area contributed by atoms with Crippen LogP contribution in [0, 0.1) is 6.92 Å². The average Bonchev–Trinajstić information content (AvgIpc) is 2.63. The van der Waals surface area contributed by atoms with E-state index in [4.69, 9.17) is 0 Å². The van der Waals surface area contributed by atoms with E-state index in [9.17, 15) is 0 Å². The van der Waals surface area contributed by atoms with E-state index in [1.165, 1.54) is 27.8 Å². The minimum absolute atomic E-state index is 0.483. The summed E-state index contributed by atoms with van der Waals surface area (Å²) in [6.07, 6.45) is 22.2. The van der Waals surface area contributed by atoms with Gasteiger partial charge in [-0.3, -0.25) is 0 Å². The Labute approximate surface area is 152 Å². The summed E-state index contributed by atoms with van der Waals surface area (Å²) >= 11 is 0. The maximum atomic E-state index is 2.25. The van der Waals surface area contributed by atoms with Crippen LogP contribution in [0.5, 0.6) is 0 Å². The molecule has 0 aromatic heterocycles. The highest BCUT2D eigenvalue weighted by atomic mass is 15.1. The first kappa shape index (κ1) is 17.3. The van der Waals surface area contributed by atoms with E-state index in [0.29, 0.717) is 6.04 Å². The number of benzene rings is 1. The lowest BCUT2D eigenvalue weighted by Gasteiger charge is -2.24. The maximum Gasteiger partial charge on any atom is 0.0439 e. The van der Waals surface area contributed by atoms with Crippen molar-refractivity contribution >= 4 is 6.08 Å². The van der Waals surface area contributed by atoms with Crippen LogP contribution in [0.4, 0.5) is 0 Å². The highest BCUT2D eigenvalue weighted by molar-refractivity contribution is 5.54. The van der Waals surface area contributed by atoms with Crippen molar-refractivity contribution in [2.45, 2.75) is 32.7 Å². The molecule has 0 radical (unpaired) electrons. The summed E-state index contributed by atoms with van der Waals surface area (Å²) in [7, 11) is 2.12. The molecule has 25 heavy (non-hydrogen) atoms. The van der Waals surface area contributed by atoms with Gasteiger partial charge in [0, 0.05) is 19.3 Å². The van der Waals surface area contributed by atoms with Gasteiger partial charge in [-0.15, -0.1) is 0 Å². The predicted octanol–water partition coefficient (Wildman–Crippen LogP) is 5.99. The van der Waals surface area contributed by atoms with Crippen molar-refractivity contribution in [2.24, 2.45) is 0 Å². The van der Waals surface area contributed by atoms with Crippen LogP contribution in [-0.2, 0) is 0 Å². The lowest BCUT2D eigenvalue weighted by Crippen LogP contribution is -2.23. The van der Waals surface area contributed by atoms with Crippen LogP contribution in [-0.4, -0.2) is 18.0 Å². The lowest BCUT2D eigenvalue weighted by atomic mass is 9.96. The van der Waals surface area contributed by atoms with E-state index >= 15 is 0 Å².